The maximum atomic E-state index is 13.9. The number of carbonyl (C=O) groups is 2. The molecule has 62 heavy (non-hydrogen) atoms. The van der Waals surface area contributed by atoms with Crippen molar-refractivity contribution in [1.82, 2.24) is 29.4 Å². The van der Waals surface area contributed by atoms with Crippen LogP contribution in [0.15, 0.2) is 87.8 Å². The molecule has 3 aromatic carbocycles. The van der Waals surface area contributed by atoms with Gasteiger partial charge in [-0.25, -0.2) is 14.0 Å². The number of nitrogens with zero attached hydrogens (tertiary/aromatic N) is 7. The summed E-state index contributed by atoms with van der Waals surface area (Å²) in [5, 5.41) is 36.6. The van der Waals surface area contributed by atoms with Crippen LogP contribution in [0.2, 0.25) is 0 Å². The number of alkyl halides is 3. The van der Waals surface area contributed by atoms with Gasteiger partial charge < -0.3 is 25.1 Å². The molecule has 3 N–H and O–H groups in total. The second kappa shape index (κ2) is 20.1. The first-order chi connectivity index (χ1) is 29.5. The van der Waals surface area contributed by atoms with Crippen molar-refractivity contribution in [2.24, 2.45) is 5.10 Å². The standard InChI is InChI=1S/C43H49F4N7O7S/c1-4-51(5-2)25-50(3)20-21-53-26-52(23-27-6-10-29(11-7-27)30-12-15-32(16-13-30)43(45,46)47)35(49-53)22-31-14-19-34-36(31)39(56)48-42(62-24-28-8-17-33(44)18-9-28)54(34)61-38(41(59)60)37(55)40(57)58/h6-13,15-18,31,37-38,55H,4-5,14,19-26H2,1-3H3,(H,57,58)(H,59,60). The molecule has 0 radical (unpaired) electrons. The van der Waals surface area contributed by atoms with Gasteiger partial charge in [-0.1, -0.05) is 74.1 Å². The third-order valence-corrected chi connectivity index (χ3v) is 11.9. The number of aliphatic hydroxyl groups is 1. The van der Waals surface area contributed by atoms with Gasteiger partial charge in [0.15, 0.2) is 0 Å². The summed E-state index contributed by atoms with van der Waals surface area (Å²) in [6.07, 6.45) is -8.19. The molecule has 6 rings (SSSR count). The Hall–Kier alpha value is -5.50. The molecular weight excluding hydrogens is 835 g/mol. The summed E-state index contributed by atoms with van der Waals surface area (Å²) in [6.45, 7) is 9.00. The number of likely N-dealkylation sites (N-methyl/N-ethyl adjacent to an activating group) is 1. The Labute approximate surface area is 360 Å². The molecule has 0 saturated carbocycles. The minimum atomic E-state index is -4.43. The average Bonchev–Trinajstić information content (AvgIpc) is 3.85. The van der Waals surface area contributed by atoms with Crippen LogP contribution in [0.5, 0.6) is 0 Å². The van der Waals surface area contributed by atoms with Crippen molar-refractivity contribution < 1.29 is 47.3 Å². The zero-order valence-corrected chi connectivity index (χ0v) is 35.3. The van der Waals surface area contributed by atoms with Crippen LogP contribution in [0.1, 0.15) is 60.6 Å². The van der Waals surface area contributed by atoms with E-state index in [9.17, 15) is 47.3 Å². The van der Waals surface area contributed by atoms with Crippen LogP contribution in [0.4, 0.5) is 17.6 Å². The second-order valence-corrected chi connectivity index (χ2v) is 16.2. The minimum absolute atomic E-state index is 0.0675. The van der Waals surface area contributed by atoms with Gasteiger partial charge in [-0.3, -0.25) is 19.6 Å². The summed E-state index contributed by atoms with van der Waals surface area (Å²) in [7, 11) is 2.04. The number of hydrazone groups is 1. The summed E-state index contributed by atoms with van der Waals surface area (Å²) >= 11 is 1.00. The molecule has 14 nitrogen and oxygen atoms in total. The normalized spacial score (nSPS) is 16.2. The average molecular weight is 884 g/mol. The molecule has 4 aromatic rings. The molecule has 1 aromatic heterocycles. The Morgan fingerprint density at radius 1 is 0.952 bits per heavy atom. The second-order valence-electron chi connectivity index (χ2n) is 15.2. The minimum Gasteiger partial charge on any atom is -0.479 e. The van der Waals surface area contributed by atoms with E-state index in [0.717, 1.165) is 59.5 Å². The van der Waals surface area contributed by atoms with Gasteiger partial charge in [0.2, 0.25) is 11.3 Å². The fraction of sp³-hybridized carbons (Fsp3) is 0.419. The van der Waals surface area contributed by atoms with Crippen molar-refractivity contribution in [3.05, 3.63) is 117 Å². The zero-order valence-electron chi connectivity index (χ0n) is 34.5. The zero-order chi connectivity index (χ0) is 44.7. The number of benzene rings is 3. The molecule has 2 heterocycles. The maximum Gasteiger partial charge on any atom is 0.416 e. The van der Waals surface area contributed by atoms with Crippen molar-refractivity contribution in [3.63, 3.8) is 0 Å². The molecule has 0 saturated heterocycles. The first-order valence-corrected chi connectivity index (χ1v) is 21.1. The van der Waals surface area contributed by atoms with Gasteiger partial charge >= 0.3 is 18.1 Å². The summed E-state index contributed by atoms with van der Waals surface area (Å²) in [4.78, 5) is 54.4. The molecule has 0 amide bonds. The Bertz CT molecular complexity index is 2270. The molecule has 3 atom stereocenters. The first kappa shape index (κ1) is 46.0. The smallest absolute Gasteiger partial charge is 0.416 e. The molecule has 0 fully saturated rings. The highest BCUT2D eigenvalue weighted by molar-refractivity contribution is 7.98. The Kier molecular flexibility index (Phi) is 14.9. The van der Waals surface area contributed by atoms with E-state index in [1.807, 2.05) is 36.3 Å². The third-order valence-electron chi connectivity index (χ3n) is 10.9. The number of carboxylic acid groups (broad SMARTS) is 2. The number of hydrogen-bond acceptors (Lipinski definition) is 12. The van der Waals surface area contributed by atoms with E-state index in [0.29, 0.717) is 61.8 Å². The van der Waals surface area contributed by atoms with Gasteiger partial charge in [0.25, 0.3) is 11.7 Å². The third kappa shape index (κ3) is 11.3. The van der Waals surface area contributed by atoms with Gasteiger partial charge in [-0.2, -0.15) is 28.0 Å². The highest BCUT2D eigenvalue weighted by Gasteiger charge is 2.39. The summed E-state index contributed by atoms with van der Waals surface area (Å²) in [6, 6.07) is 18.1. The molecular formula is C43H49F4N7O7S. The molecule has 1 aliphatic heterocycles. The van der Waals surface area contributed by atoms with Crippen molar-refractivity contribution in [3.8, 4) is 11.1 Å². The quantitative estimate of drug-likeness (QED) is 0.0446. The van der Waals surface area contributed by atoms with Crippen LogP contribution in [0.25, 0.3) is 11.1 Å². The lowest BCUT2D eigenvalue weighted by Crippen LogP contribution is -2.48. The van der Waals surface area contributed by atoms with Crippen LogP contribution in [-0.2, 0) is 34.5 Å². The number of hydrogen-bond donors (Lipinski definition) is 3. The summed E-state index contributed by atoms with van der Waals surface area (Å²) in [5.41, 5.74) is 2.21. The molecule has 19 heteroatoms. The van der Waals surface area contributed by atoms with E-state index in [-0.39, 0.29) is 22.9 Å². The van der Waals surface area contributed by atoms with Gasteiger partial charge in [-0.15, -0.1) is 0 Å². The number of halogens is 4. The van der Waals surface area contributed by atoms with E-state index in [1.54, 1.807) is 0 Å². The largest absolute Gasteiger partial charge is 0.479 e. The SMILES string of the molecule is CCN(CC)CN(C)CCN1CN(Cc2ccc(-c3ccc(C(F)(F)F)cc3)cc2)C(CC2CCc3c2c(=O)nc(SCc2ccc(F)cc2)n3OC(C(=O)O)C(O)C(=O)O)=N1. The van der Waals surface area contributed by atoms with Crippen LogP contribution >= 0.6 is 11.8 Å². The van der Waals surface area contributed by atoms with Crippen molar-refractivity contribution in [1.29, 1.82) is 0 Å². The first-order valence-electron chi connectivity index (χ1n) is 20.1. The molecule has 3 unspecified atom stereocenters. The van der Waals surface area contributed by atoms with Crippen molar-refractivity contribution >= 4 is 29.5 Å². The Balaban J connectivity index is 1.28. The summed E-state index contributed by atoms with van der Waals surface area (Å²) < 4.78 is 54.1. The number of amidine groups is 1. The Morgan fingerprint density at radius 3 is 2.18 bits per heavy atom. The van der Waals surface area contributed by atoms with E-state index in [2.05, 4.69) is 33.5 Å². The monoisotopic (exact) mass is 883 g/mol. The molecule has 0 bridgehead atoms. The van der Waals surface area contributed by atoms with Gasteiger partial charge in [-0.05, 0) is 85.4 Å². The predicted octanol–water partition coefficient (Wildman–Crippen LogP) is 5.43. The summed E-state index contributed by atoms with van der Waals surface area (Å²) in [5.74, 6) is -3.60. The van der Waals surface area contributed by atoms with Gasteiger partial charge in [0, 0.05) is 30.8 Å². The van der Waals surface area contributed by atoms with Crippen LogP contribution < -0.4 is 10.4 Å². The fourth-order valence-electron chi connectivity index (χ4n) is 7.44. The molecule has 0 spiro atoms. The number of rotatable bonds is 20. The predicted molar refractivity (Wildman–Crippen MR) is 224 cm³/mol. The van der Waals surface area contributed by atoms with Crippen molar-refractivity contribution in [2.75, 3.05) is 46.6 Å². The van der Waals surface area contributed by atoms with E-state index in [1.165, 1.54) is 36.4 Å². The van der Waals surface area contributed by atoms with Gasteiger partial charge in [0.1, 0.15) is 18.3 Å². The molecule has 1 aliphatic carbocycles. The Morgan fingerprint density at radius 2 is 1.58 bits per heavy atom. The van der Waals surface area contributed by atoms with Crippen LogP contribution in [0, 0.1) is 5.82 Å². The van der Waals surface area contributed by atoms with E-state index < -0.39 is 53.2 Å². The lowest BCUT2D eigenvalue weighted by molar-refractivity contribution is -0.172. The topological polar surface area (TPSA) is 164 Å². The van der Waals surface area contributed by atoms with E-state index in [4.69, 9.17) is 9.94 Å². The lowest BCUT2D eigenvalue weighted by Gasteiger charge is -2.27. The molecule has 2 aliphatic rings. The highest BCUT2D eigenvalue weighted by atomic mass is 32.2. The fourth-order valence-corrected chi connectivity index (χ4v) is 8.35. The van der Waals surface area contributed by atoms with Crippen LogP contribution in [0.3, 0.4) is 0 Å². The number of aliphatic carboxylic acids is 2. The number of aliphatic hydroxyl groups excluding tert-OH is 1. The van der Waals surface area contributed by atoms with Gasteiger partial charge in [0.05, 0.1) is 24.5 Å². The number of fused-ring (bicyclic) bond motifs is 1. The maximum absolute atomic E-state index is 13.9. The number of aromatic nitrogens is 2. The molecule has 332 valence electrons. The van der Waals surface area contributed by atoms with E-state index >= 15 is 0 Å². The lowest BCUT2D eigenvalue weighted by atomic mass is 9.98. The number of carboxylic acids is 2. The highest BCUT2D eigenvalue weighted by Crippen LogP contribution is 2.37. The van der Waals surface area contributed by atoms with Crippen LogP contribution in [-0.4, -0.2) is 121 Å². The van der Waals surface area contributed by atoms with Crippen molar-refractivity contribution in [2.45, 2.75) is 74.9 Å². The number of thioether (sulfide) groups is 1.